The Morgan fingerprint density at radius 3 is 2.50 bits per heavy atom. The zero-order valence-electron chi connectivity index (χ0n) is 6.09. The van der Waals surface area contributed by atoms with E-state index in [0.29, 0.717) is 6.61 Å². The van der Waals surface area contributed by atoms with Crippen LogP contribution in [0.4, 0.5) is 0 Å². The van der Waals surface area contributed by atoms with Gasteiger partial charge in [0.05, 0.1) is 0 Å². The highest BCUT2D eigenvalue weighted by molar-refractivity contribution is 14.1. The maximum Gasteiger partial charge on any atom is 0.0433 e. The van der Waals surface area contributed by atoms with E-state index in [1.165, 1.54) is 25.9 Å². The third-order valence-electron chi connectivity index (χ3n) is 2.10. The molecule has 0 aromatic carbocycles. The maximum absolute atomic E-state index is 8.67. The molecule has 3 heteroatoms. The molecule has 0 unspecified atom stereocenters. The van der Waals surface area contributed by atoms with Crippen molar-refractivity contribution in [1.29, 1.82) is 0 Å². The van der Waals surface area contributed by atoms with Crippen LogP contribution in [0.25, 0.3) is 0 Å². The second kappa shape index (κ2) is 4.51. The summed E-state index contributed by atoms with van der Waals surface area (Å²) < 4.78 is 2.33. The molecule has 0 amide bonds. The Labute approximate surface area is 76.1 Å². The van der Waals surface area contributed by atoms with Gasteiger partial charge >= 0.3 is 0 Å². The average Bonchev–Trinajstić information content (AvgIpc) is 1.95. The van der Waals surface area contributed by atoms with Gasteiger partial charge in [-0.2, -0.15) is 0 Å². The van der Waals surface area contributed by atoms with Crippen molar-refractivity contribution in [3.63, 3.8) is 0 Å². The molecule has 0 spiro atoms. The monoisotopic (exact) mass is 255 g/mol. The fourth-order valence-corrected chi connectivity index (χ4v) is 1.93. The molecule has 0 aromatic heterocycles. The third kappa shape index (κ3) is 2.72. The van der Waals surface area contributed by atoms with Crippen molar-refractivity contribution < 1.29 is 5.11 Å². The number of hydrogen-bond donors (Lipinski definition) is 1. The lowest BCUT2D eigenvalue weighted by molar-refractivity contribution is 0.219. The Morgan fingerprint density at radius 1 is 1.40 bits per heavy atom. The summed E-state index contributed by atoms with van der Waals surface area (Å²) in [5, 5.41) is 8.67. The van der Waals surface area contributed by atoms with Gasteiger partial charge < -0.3 is 5.11 Å². The molecule has 1 N–H and O–H groups in total. The third-order valence-corrected chi connectivity index (χ3v) is 3.06. The van der Waals surface area contributed by atoms with E-state index in [9.17, 15) is 0 Å². The van der Waals surface area contributed by atoms with E-state index in [4.69, 9.17) is 5.11 Å². The van der Waals surface area contributed by atoms with Crippen molar-refractivity contribution in [2.75, 3.05) is 19.7 Å². The van der Waals surface area contributed by atoms with Gasteiger partial charge in [0.1, 0.15) is 0 Å². The lowest BCUT2D eigenvalue weighted by atomic mass is 9.95. The first-order valence-corrected chi connectivity index (χ1v) is 4.81. The standard InChI is InChI=1S/C7H14INO/c8-9-4-1-7(2-5-9)3-6-10/h7,10H,1-6H2. The highest BCUT2D eigenvalue weighted by Gasteiger charge is 2.16. The van der Waals surface area contributed by atoms with Crippen LogP contribution in [0, 0.1) is 5.92 Å². The number of hydrogen-bond acceptors (Lipinski definition) is 2. The first-order valence-electron chi connectivity index (χ1n) is 3.84. The normalized spacial score (nSPS) is 23.4. The molecule has 0 saturated carbocycles. The Bertz CT molecular complexity index is 91.6. The molecule has 0 aliphatic carbocycles. The van der Waals surface area contributed by atoms with Crippen LogP contribution in [-0.2, 0) is 0 Å². The molecule has 2 nitrogen and oxygen atoms in total. The Balaban J connectivity index is 2.13. The molecule has 1 aliphatic rings. The zero-order chi connectivity index (χ0) is 7.40. The second-order valence-corrected chi connectivity index (χ2v) is 4.23. The molecular formula is C7H14INO. The van der Waals surface area contributed by atoms with Crippen molar-refractivity contribution >= 4 is 22.9 Å². The molecular weight excluding hydrogens is 241 g/mol. The molecule has 1 heterocycles. The van der Waals surface area contributed by atoms with Crippen LogP contribution >= 0.6 is 22.9 Å². The lowest BCUT2D eigenvalue weighted by Gasteiger charge is -2.26. The Hall–Kier alpha value is 0.650. The van der Waals surface area contributed by atoms with E-state index in [0.717, 1.165) is 12.3 Å². The van der Waals surface area contributed by atoms with Crippen molar-refractivity contribution in [3.05, 3.63) is 0 Å². The highest BCUT2D eigenvalue weighted by Crippen LogP contribution is 2.21. The number of nitrogens with zero attached hydrogens (tertiary/aromatic N) is 1. The minimum absolute atomic E-state index is 0.367. The molecule has 0 radical (unpaired) electrons. The van der Waals surface area contributed by atoms with Crippen molar-refractivity contribution in [2.45, 2.75) is 19.3 Å². The largest absolute Gasteiger partial charge is 0.396 e. The molecule has 0 bridgehead atoms. The number of piperidine rings is 1. The highest BCUT2D eigenvalue weighted by atomic mass is 127. The fourth-order valence-electron chi connectivity index (χ4n) is 1.37. The van der Waals surface area contributed by atoms with Crippen molar-refractivity contribution in [2.24, 2.45) is 5.92 Å². The Kier molecular flexibility index (Phi) is 3.95. The number of rotatable bonds is 2. The van der Waals surface area contributed by atoms with Gasteiger partial charge in [-0.05, 0) is 25.2 Å². The zero-order valence-corrected chi connectivity index (χ0v) is 8.25. The van der Waals surface area contributed by atoms with Gasteiger partial charge in [-0.1, -0.05) is 0 Å². The summed E-state index contributed by atoms with van der Waals surface area (Å²) in [6.45, 7) is 2.77. The molecule has 0 aromatic rings. The van der Waals surface area contributed by atoms with E-state index >= 15 is 0 Å². The van der Waals surface area contributed by atoms with Crippen molar-refractivity contribution in [1.82, 2.24) is 3.11 Å². The van der Waals surface area contributed by atoms with Gasteiger partial charge in [0.2, 0.25) is 0 Å². The quantitative estimate of drug-likeness (QED) is 0.596. The molecule has 10 heavy (non-hydrogen) atoms. The fraction of sp³-hybridized carbons (Fsp3) is 1.00. The lowest BCUT2D eigenvalue weighted by Crippen LogP contribution is -2.26. The van der Waals surface area contributed by atoms with E-state index in [2.05, 4.69) is 26.0 Å². The van der Waals surface area contributed by atoms with Crippen LogP contribution in [0.3, 0.4) is 0 Å². The van der Waals surface area contributed by atoms with E-state index < -0.39 is 0 Å². The van der Waals surface area contributed by atoms with E-state index in [-0.39, 0.29) is 0 Å². The van der Waals surface area contributed by atoms with Gasteiger partial charge in [0.15, 0.2) is 0 Å². The van der Waals surface area contributed by atoms with Gasteiger partial charge in [0.25, 0.3) is 0 Å². The van der Waals surface area contributed by atoms with Crippen LogP contribution in [-0.4, -0.2) is 27.9 Å². The summed E-state index contributed by atoms with van der Waals surface area (Å²) in [4.78, 5) is 0. The minimum atomic E-state index is 0.367. The first kappa shape index (κ1) is 8.74. The van der Waals surface area contributed by atoms with Crippen molar-refractivity contribution in [3.8, 4) is 0 Å². The summed E-state index contributed by atoms with van der Waals surface area (Å²) >= 11 is 2.37. The molecule has 0 atom stereocenters. The second-order valence-electron chi connectivity index (χ2n) is 2.87. The number of halogens is 1. The van der Waals surface area contributed by atoms with Crippen LogP contribution in [0.2, 0.25) is 0 Å². The molecule has 1 rings (SSSR count). The summed E-state index contributed by atoms with van der Waals surface area (Å²) in [5.41, 5.74) is 0. The Morgan fingerprint density at radius 2 is 2.00 bits per heavy atom. The smallest absolute Gasteiger partial charge is 0.0433 e. The van der Waals surface area contributed by atoms with Gasteiger partial charge in [-0.15, -0.1) is 0 Å². The number of aliphatic hydroxyl groups is 1. The average molecular weight is 255 g/mol. The maximum atomic E-state index is 8.67. The van der Waals surface area contributed by atoms with Crippen LogP contribution in [0.1, 0.15) is 19.3 Å². The van der Waals surface area contributed by atoms with Crippen LogP contribution in [0.5, 0.6) is 0 Å². The molecule has 1 fully saturated rings. The van der Waals surface area contributed by atoms with Gasteiger partial charge in [0, 0.05) is 42.6 Å². The summed E-state index contributed by atoms with van der Waals surface area (Å²) in [7, 11) is 0. The van der Waals surface area contributed by atoms with Gasteiger partial charge in [-0.25, -0.2) is 3.11 Å². The van der Waals surface area contributed by atoms with Gasteiger partial charge in [-0.3, -0.25) is 0 Å². The SMILES string of the molecule is OCCC1CCN(I)CC1. The topological polar surface area (TPSA) is 23.5 Å². The van der Waals surface area contributed by atoms with E-state index in [1.54, 1.807) is 0 Å². The van der Waals surface area contributed by atoms with Crippen LogP contribution in [0.15, 0.2) is 0 Å². The molecule has 1 saturated heterocycles. The predicted octanol–water partition coefficient (Wildman–Crippen LogP) is 1.43. The predicted molar refractivity (Wildman–Crippen MR) is 50.0 cm³/mol. The molecule has 1 aliphatic heterocycles. The molecule has 60 valence electrons. The summed E-state index contributed by atoms with van der Waals surface area (Å²) in [6, 6.07) is 0. The summed E-state index contributed by atoms with van der Waals surface area (Å²) in [6.07, 6.45) is 3.54. The first-order chi connectivity index (χ1) is 4.83. The number of aliphatic hydroxyl groups excluding tert-OH is 1. The van der Waals surface area contributed by atoms with E-state index in [1.807, 2.05) is 0 Å². The minimum Gasteiger partial charge on any atom is -0.396 e. The van der Waals surface area contributed by atoms with Crippen LogP contribution < -0.4 is 0 Å². The summed E-state index contributed by atoms with van der Waals surface area (Å²) in [5.74, 6) is 0.788.